The van der Waals surface area contributed by atoms with Crippen molar-refractivity contribution in [1.29, 1.82) is 0 Å². The maximum absolute atomic E-state index is 6.85. The fourth-order valence-electron chi connectivity index (χ4n) is 6.77. The molecule has 0 fully saturated rings. The number of benzene rings is 4. The molecule has 5 rings (SSSR count). The van der Waals surface area contributed by atoms with E-state index in [4.69, 9.17) is 11.5 Å². The van der Waals surface area contributed by atoms with Crippen molar-refractivity contribution >= 4 is 11.4 Å². The van der Waals surface area contributed by atoms with Gasteiger partial charge in [-0.25, -0.2) is 0 Å². The number of hydrogen-bond acceptors (Lipinski definition) is 2. The van der Waals surface area contributed by atoms with Crippen molar-refractivity contribution in [3.63, 3.8) is 0 Å². The zero-order valence-corrected chi connectivity index (χ0v) is 24.9. The van der Waals surface area contributed by atoms with Gasteiger partial charge >= 0.3 is 0 Å². The van der Waals surface area contributed by atoms with Gasteiger partial charge in [0.15, 0.2) is 0 Å². The highest BCUT2D eigenvalue weighted by atomic mass is 14.6. The lowest BCUT2D eigenvalue weighted by atomic mass is 9.65. The van der Waals surface area contributed by atoms with E-state index >= 15 is 0 Å². The second kappa shape index (κ2) is 9.90. The average Bonchev–Trinajstić information content (AvgIpc) is 3.19. The Morgan fingerprint density at radius 2 is 0.744 bits per heavy atom. The molecule has 0 unspecified atom stereocenters. The number of nitrogen functional groups attached to an aromatic ring is 2. The molecule has 0 aliphatic heterocycles. The molecule has 2 nitrogen and oxygen atoms in total. The van der Waals surface area contributed by atoms with Crippen molar-refractivity contribution in [2.75, 3.05) is 11.5 Å². The second-order valence-corrected chi connectivity index (χ2v) is 12.6. The molecule has 0 saturated heterocycles. The van der Waals surface area contributed by atoms with E-state index in [1.54, 1.807) is 0 Å². The van der Waals surface area contributed by atoms with E-state index in [1.165, 1.54) is 55.6 Å². The van der Waals surface area contributed by atoms with Gasteiger partial charge in [0.2, 0.25) is 0 Å². The summed E-state index contributed by atoms with van der Waals surface area (Å²) in [6.45, 7) is 18.0. The maximum atomic E-state index is 6.85. The van der Waals surface area contributed by atoms with Gasteiger partial charge in [-0.15, -0.1) is 0 Å². The quantitative estimate of drug-likeness (QED) is 0.221. The van der Waals surface area contributed by atoms with Gasteiger partial charge in [-0.2, -0.15) is 0 Å². The molecule has 0 radical (unpaired) electrons. The minimum Gasteiger partial charge on any atom is -0.398 e. The lowest BCUT2D eigenvalue weighted by Gasteiger charge is -2.37. The Labute approximate surface area is 235 Å². The Morgan fingerprint density at radius 1 is 0.462 bits per heavy atom. The number of rotatable bonds is 6. The van der Waals surface area contributed by atoms with Gasteiger partial charge in [0, 0.05) is 11.4 Å². The zero-order chi connectivity index (χ0) is 28.2. The normalized spacial score (nSPS) is 13.9. The van der Waals surface area contributed by atoms with Crippen LogP contribution in [0.3, 0.4) is 0 Å². The van der Waals surface area contributed by atoms with Crippen molar-refractivity contribution < 1.29 is 0 Å². The summed E-state index contributed by atoms with van der Waals surface area (Å²) < 4.78 is 0. The predicted octanol–water partition coefficient (Wildman–Crippen LogP) is 9.71. The summed E-state index contributed by atoms with van der Waals surface area (Å²) in [7, 11) is 0. The van der Waals surface area contributed by atoms with Crippen LogP contribution in [-0.2, 0) is 5.41 Å². The molecule has 0 bridgehead atoms. The highest BCUT2D eigenvalue weighted by molar-refractivity contribution is 5.87. The van der Waals surface area contributed by atoms with Crippen LogP contribution in [0.15, 0.2) is 72.8 Å². The molecular formula is C37H44N2. The topological polar surface area (TPSA) is 52.0 Å². The molecule has 0 spiro atoms. The van der Waals surface area contributed by atoms with Crippen molar-refractivity contribution in [1.82, 2.24) is 0 Å². The molecule has 202 valence electrons. The third-order valence-electron chi connectivity index (χ3n) is 8.79. The summed E-state index contributed by atoms with van der Waals surface area (Å²) >= 11 is 0. The summed E-state index contributed by atoms with van der Waals surface area (Å²) in [5, 5.41) is 0. The van der Waals surface area contributed by atoms with Crippen LogP contribution in [0.25, 0.3) is 11.1 Å². The van der Waals surface area contributed by atoms with E-state index < -0.39 is 5.41 Å². The average molecular weight is 517 g/mol. The SMILES string of the molecule is CC(C)c1cc(C2(c3cc(C(C)C)c(N)c(C(C)C)c3)c3ccccc3-c3ccccc32)cc(C(C)C)c1N. The van der Waals surface area contributed by atoms with Gasteiger partial charge in [0.25, 0.3) is 0 Å². The van der Waals surface area contributed by atoms with E-state index in [0.717, 1.165) is 11.4 Å². The summed E-state index contributed by atoms with van der Waals surface area (Å²) in [5.41, 5.74) is 27.8. The summed E-state index contributed by atoms with van der Waals surface area (Å²) in [6.07, 6.45) is 0. The third kappa shape index (κ3) is 4.07. The molecule has 4 aromatic carbocycles. The van der Waals surface area contributed by atoms with Crippen LogP contribution >= 0.6 is 0 Å². The molecule has 0 atom stereocenters. The lowest BCUT2D eigenvalue weighted by molar-refractivity contribution is 0.739. The Hall–Kier alpha value is -3.52. The van der Waals surface area contributed by atoms with E-state index in [1.807, 2.05) is 0 Å². The van der Waals surface area contributed by atoms with Gasteiger partial charge in [0.05, 0.1) is 5.41 Å². The van der Waals surface area contributed by atoms with Crippen molar-refractivity contribution in [2.24, 2.45) is 0 Å². The minimum atomic E-state index is -0.477. The molecule has 4 N–H and O–H groups in total. The van der Waals surface area contributed by atoms with E-state index in [2.05, 4.69) is 128 Å². The maximum Gasteiger partial charge on any atom is 0.0714 e. The van der Waals surface area contributed by atoms with Gasteiger partial charge in [0.1, 0.15) is 0 Å². The Bertz CT molecular complexity index is 1360. The zero-order valence-electron chi connectivity index (χ0n) is 24.9. The highest BCUT2D eigenvalue weighted by Crippen LogP contribution is 2.57. The molecule has 39 heavy (non-hydrogen) atoms. The number of anilines is 2. The smallest absolute Gasteiger partial charge is 0.0714 e. The van der Waals surface area contributed by atoms with E-state index in [9.17, 15) is 0 Å². The monoisotopic (exact) mass is 516 g/mol. The van der Waals surface area contributed by atoms with Crippen molar-refractivity contribution in [3.8, 4) is 11.1 Å². The minimum absolute atomic E-state index is 0.315. The second-order valence-electron chi connectivity index (χ2n) is 12.6. The first-order valence-electron chi connectivity index (χ1n) is 14.6. The number of nitrogens with two attached hydrogens (primary N) is 2. The lowest BCUT2D eigenvalue weighted by Crippen LogP contribution is -2.30. The fraction of sp³-hybridized carbons (Fsp3) is 0.351. The van der Waals surface area contributed by atoms with Crippen LogP contribution < -0.4 is 11.5 Å². The van der Waals surface area contributed by atoms with Crippen LogP contribution in [0, 0.1) is 0 Å². The van der Waals surface area contributed by atoms with E-state index in [0.29, 0.717) is 23.7 Å². The van der Waals surface area contributed by atoms with Crippen LogP contribution in [-0.4, -0.2) is 0 Å². The molecule has 0 aromatic heterocycles. The summed E-state index contributed by atoms with van der Waals surface area (Å²) in [6, 6.07) is 27.5. The fourth-order valence-corrected chi connectivity index (χ4v) is 6.77. The van der Waals surface area contributed by atoms with Crippen LogP contribution in [0.5, 0.6) is 0 Å². The number of fused-ring (bicyclic) bond motifs is 3. The van der Waals surface area contributed by atoms with Crippen molar-refractivity contribution in [3.05, 3.63) is 117 Å². The molecule has 2 heteroatoms. The third-order valence-corrected chi connectivity index (χ3v) is 8.79. The summed E-state index contributed by atoms with van der Waals surface area (Å²) in [5.74, 6) is 1.26. The summed E-state index contributed by atoms with van der Waals surface area (Å²) in [4.78, 5) is 0. The molecule has 4 aromatic rings. The molecule has 0 heterocycles. The van der Waals surface area contributed by atoms with E-state index in [-0.39, 0.29) is 0 Å². The van der Waals surface area contributed by atoms with Crippen LogP contribution in [0.4, 0.5) is 11.4 Å². The molecule has 0 saturated carbocycles. The first-order valence-corrected chi connectivity index (χ1v) is 14.6. The molecule has 1 aliphatic carbocycles. The first-order chi connectivity index (χ1) is 18.5. The highest BCUT2D eigenvalue weighted by Gasteiger charge is 2.47. The van der Waals surface area contributed by atoms with Crippen molar-refractivity contribution in [2.45, 2.75) is 84.5 Å². The predicted molar refractivity (Wildman–Crippen MR) is 169 cm³/mol. The van der Waals surface area contributed by atoms with Crippen LogP contribution in [0.2, 0.25) is 0 Å². The van der Waals surface area contributed by atoms with Gasteiger partial charge < -0.3 is 11.5 Å². The standard InChI is InChI=1S/C37H44N2/c1-21(2)29-17-25(18-30(22(3)4)35(29)38)37(26-19-31(23(5)6)36(39)32(20-26)24(7)8)33-15-11-9-13-27(33)28-14-10-12-16-34(28)37/h9-24H,38-39H2,1-8H3. The Morgan fingerprint density at radius 3 is 1.03 bits per heavy atom. The van der Waals surface area contributed by atoms with Gasteiger partial charge in [-0.1, -0.05) is 128 Å². The largest absolute Gasteiger partial charge is 0.398 e. The van der Waals surface area contributed by atoms with Gasteiger partial charge in [-0.05, 0) is 79.3 Å². The Balaban J connectivity index is 2.02. The first kappa shape index (κ1) is 27.1. The molecule has 1 aliphatic rings. The van der Waals surface area contributed by atoms with Crippen LogP contribution in [0.1, 0.15) is 124 Å². The van der Waals surface area contributed by atoms with Gasteiger partial charge in [-0.3, -0.25) is 0 Å². The molecular weight excluding hydrogens is 472 g/mol. The number of hydrogen-bond donors (Lipinski definition) is 2. The Kier molecular flexibility index (Phi) is 6.87. The molecule has 0 amide bonds.